The van der Waals surface area contributed by atoms with Gasteiger partial charge in [0.15, 0.2) is 0 Å². The summed E-state index contributed by atoms with van der Waals surface area (Å²) in [6.07, 6.45) is 5.96. The van der Waals surface area contributed by atoms with E-state index < -0.39 is 10.0 Å². The third-order valence-electron chi connectivity index (χ3n) is 4.92. The number of rotatable bonds is 4. The lowest BCUT2D eigenvalue weighted by Crippen LogP contribution is -2.42. The zero-order chi connectivity index (χ0) is 16.4. The van der Waals surface area contributed by atoms with E-state index in [2.05, 4.69) is 23.5 Å². The predicted octanol–water partition coefficient (Wildman–Crippen LogP) is 1.46. The van der Waals surface area contributed by atoms with Crippen molar-refractivity contribution in [3.05, 3.63) is 34.9 Å². The average Bonchev–Trinajstić information content (AvgIpc) is 2.99. The van der Waals surface area contributed by atoms with Crippen LogP contribution in [0.25, 0.3) is 0 Å². The summed E-state index contributed by atoms with van der Waals surface area (Å²) in [6, 6.07) is 6.47. The largest absolute Gasteiger partial charge is 0.352 e. The van der Waals surface area contributed by atoms with E-state index >= 15 is 0 Å². The van der Waals surface area contributed by atoms with Crippen LogP contribution in [0.5, 0.6) is 0 Å². The molecule has 1 N–H and O–H groups in total. The maximum absolute atomic E-state index is 12.3. The first-order valence-electron chi connectivity index (χ1n) is 8.27. The molecule has 0 atom stereocenters. The fourth-order valence-electron chi connectivity index (χ4n) is 3.52. The Balaban J connectivity index is 1.50. The molecule has 1 heterocycles. The van der Waals surface area contributed by atoms with Crippen LogP contribution < -0.4 is 5.32 Å². The summed E-state index contributed by atoms with van der Waals surface area (Å²) in [6.45, 7) is 1.43. The maximum atomic E-state index is 12.3. The Morgan fingerprint density at radius 1 is 1.22 bits per heavy atom. The molecule has 1 amide bonds. The molecule has 6 heteroatoms. The van der Waals surface area contributed by atoms with Crippen molar-refractivity contribution in [1.82, 2.24) is 9.62 Å². The standard InChI is InChI=1S/C17H24N2O3S/c1-23(21,22)19-9-7-15(8-10-19)17(20)18-12-13-5-6-14-3-2-4-16(14)11-13/h5-6,11,15H,2-4,7-10,12H2,1H3,(H,18,20). The molecular weight excluding hydrogens is 312 g/mol. The van der Waals surface area contributed by atoms with Crippen LogP contribution in [-0.4, -0.2) is 38.0 Å². The van der Waals surface area contributed by atoms with Gasteiger partial charge >= 0.3 is 0 Å². The molecule has 0 radical (unpaired) electrons. The molecule has 1 aromatic rings. The van der Waals surface area contributed by atoms with Crippen molar-refractivity contribution in [2.75, 3.05) is 19.3 Å². The molecule has 126 valence electrons. The second-order valence-electron chi connectivity index (χ2n) is 6.61. The average molecular weight is 336 g/mol. The normalized spacial score (nSPS) is 19.5. The number of sulfonamides is 1. The van der Waals surface area contributed by atoms with Crippen LogP contribution in [0.2, 0.25) is 0 Å². The van der Waals surface area contributed by atoms with Crippen LogP contribution in [0.4, 0.5) is 0 Å². The van der Waals surface area contributed by atoms with Crippen molar-refractivity contribution in [2.45, 2.75) is 38.6 Å². The minimum atomic E-state index is -3.13. The maximum Gasteiger partial charge on any atom is 0.223 e. The van der Waals surface area contributed by atoms with Gasteiger partial charge in [-0.15, -0.1) is 0 Å². The highest BCUT2D eigenvalue weighted by molar-refractivity contribution is 7.88. The van der Waals surface area contributed by atoms with Crippen LogP contribution in [0.1, 0.15) is 36.0 Å². The van der Waals surface area contributed by atoms with Gasteiger partial charge in [-0.25, -0.2) is 12.7 Å². The molecule has 1 aliphatic heterocycles. The van der Waals surface area contributed by atoms with Gasteiger partial charge in [0.1, 0.15) is 0 Å². The number of hydrogen-bond acceptors (Lipinski definition) is 3. The molecule has 0 saturated carbocycles. The van der Waals surface area contributed by atoms with E-state index in [-0.39, 0.29) is 11.8 Å². The van der Waals surface area contributed by atoms with Crippen molar-refractivity contribution >= 4 is 15.9 Å². The number of amides is 1. The van der Waals surface area contributed by atoms with Crippen molar-refractivity contribution in [3.63, 3.8) is 0 Å². The van der Waals surface area contributed by atoms with Gasteiger partial charge in [0.25, 0.3) is 0 Å². The van der Waals surface area contributed by atoms with E-state index in [1.807, 2.05) is 0 Å². The summed E-state index contributed by atoms with van der Waals surface area (Å²) < 4.78 is 24.4. The number of fused-ring (bicyclic) bond motifs is 1. The Hall–Kier alpha value is -1.40. The zero-order valence-corrected chi connectivity index (χ0v) is 14.4. The summed E-state index contributed by atoms with van der Waals surface area (Å²) in [4.78, 5) is 12.3. The van der Waals surface area contributed by atoms with Crippen molar-refractivity contribution in [3.8, 4) is 0 Å². The van der Waals surface area contributed by atoms with Gasteiger partial charge in [-0.1, -0.05) is 18.2 Å². The minimum absolute atomic E-state index is 0.0404. The molecule has 3 rings (SSSR count). The first-order chi connectivity index (χ1) is 10.9. The third-order valence-corrected chi connectivity index (χ3v) is 6.23. The highest BCUT2D eigenvalue weighted by Gasteiger charge is 2.28. The van der Waals surface area contributed by atoms with Gasteiger partial charge in [-0.2, -0.15) is 0 Å². The van der Waals surface area contributed by atoms with E-state index in [1.165, 1.54) is 34.5 Å². The van der Waals surface area contributed by atoms with Gasteiger partial charge in [0.2, 0.25) is 15.9 Å². The molecule has 5 nitrogen and oxygen atoms in total. The molecule has 1 aliphatic carbocycles. The Morgan fingerprint density at radius 3 is 2.61 bits per heavy atom. The quantitative estimate of drug-likeness (QED) is 0.905. The molecular formula is C17H24N2O3S. The van der Waals surface area contributed by atoms with E-state index in [9.17, 15) is 13.2 Å². The summed E-state index contributed by atoms with van der Waals surface area (Å²) in [5.74, 6) is -0.0407. The third kappa shape index (κ3) is 3.93. The number of hydrogen-bond donors (Lipinski definition) is 1. The Labute approximate surface area is 138 Å². The van der Waals surface area contributed by atoms with E-state index in [4.69, 9.17) is 0 Å². The highest BCUT2D eigenvalue weighted by atomic mass is 32.2. The lowest BCUT2D eigenvalue weighted by Gasteiger charge is -2.29. The van der Waals surface area contributed by atoms with Gasteiger partial charge in [-0.05, 0) is 48.8 Å². The summed E-state index contributed by atoms with van der Waals surface area (Å²) in [5.41, 5.74) is 4.00. The SMILES string of the molecule is CS(=O)(=O)N1CCC(C(=O)NCc2ccc3c(c2)CCC3)CC1. The van der Waals surface area contributed by atoms with Crippen LogP contribution in [-0.2, 0) is 34.2 Å². The van der Waals surface area contributed by atoms with Gasteiger partial charge in [0.05, 0.1) is 6.26 Å². The van der Waals surface area contributed by atoms with Gasteiger partial charge < -0.3 is 5.32 Å². The van der Waals surface area contributed by atoms with Gasteiger partial charge in [-0.3, -0.25) is 4.79 Å². The van der Waals surface area contributed by atoms with Crippen LogP contribution in [0.3, 0.4) is 0 Å². The molecule has 2 aliphatic rings. The summed E-state index contributed by atoms with van der Waals surface area (Å²) in [7, 11) is -3.13. The first kappa shape index (κ1) is 16.5. The van der Waals surface area contributed by atoms with Crippen LogP contribution >= 0.6 is 0 Å². The summed E-state index contributed by atoms with van der Waals surface area (Å²) >= 11 is 0. The summed E-state index contributed by atoms with van der Waals surface area (Å²) in [5, 5.41) is 3.01. The molecule has 1 saturated heterocycles. The Morgan fingerprint density at radius 2 is 1.91 bits per heavy atom. The molecule has 1 fully saturated rings. The molecule has 1 aromatic carbocycles. The van der Waals surface area contributed by atoms with E-state index in [1.54, 1.807) is 0 Å². The lowest BCUT2D eigenvalue weighted by molar-refractivity contribution is -0.126. The smallest absolute Gasteiger partial charge is 0.223 e. The predicted molar refractivity (Wildman–Crippen MR) is 89.5 cm³/mol. The topological polar surface area (TPSA) is 66.5 Å². The number of piperidine rings is 1. The van der Waals surface area contributed by atoms with Crippen molar-refractivity contribution in [1.29, 1.82) is 0 Å². The van der Waals surface area contributed by atoms with E-state index in [0.717, 1.165) is 12.0 Å². The molecule has 0 aromatic heterocycles. The van der Waals surface area contributed by atoms with Crippen molar-refractivity contribution in [2.24, 2.45) is 5.92 Å². The van der Waals surface area contributed by atoms with Gasteiger partial charge in [0, 0.05) is 25.6 Å². The first-order valence-corrected chi connectivity index (χ1v) is 10.1. The minimum Gasteiger partial charge on any atom is -0.352 e. The molecule has 0 bridgehead atoms. The molecule has 0 spiro atoms. The highest BCUT2D eigenvalue weighted by Crippen LogP contribution is 2.23. The number of aryl methyl sites for hydroxylation is 2. The second-order valence-corrected chi connectivity index (χ2v) is 8.59. The molecule has 23 heavy (non-hydrogen) atoms. The fourth-order valence-corrected chi connectivity index (χ4v) is 4.39. The lowest BCUT2D eigenvalue weighted by atomic mass is 9.97. The Bertz CT molecular complexity index is 692. The fraction of sp³-hybridized carbons (Fsp3) is 0.588. The zero-order valence-electron chi connectivity index (χ0n) is 13.5. The number of benzene rings is 1. The number of nitrogens with zero attached hydrogens (tertiary/aromatic N) is 1. The number of carbonyl (C=O) groups is 1. The number of nitrogens with one attached hydrogen (secondary N) is 1. The van der Waals surface area contributed by atoms with Crippen LogP contribution in [0.15, 0.2) is 18.2 Å². The van der Waals surface area contributed by atoms with E-state index in [0.29, 0.717) is 32.5 Å². The Kier molecular flexibility index (Phi) is 4.73. The van der Waals surface area contributed by atoms with Crippen LogP contribution in [0, 0.1) is 5.92 Å². The second kappa shape index (κ2) is 6.61. The molecule has 0 unspecified atom stereocenters. The van der Waals surface area contributed by atoms with Crippen molar-refractivity contribution < 1.29 is 13.2 Å². The number of carbonyl (C=O) groups excluding carboxylic acids is 1. The monoisotopic (exact) mass is 336 g/mol.